The Bertz CT molecular complexity index is 147. The minimum atomic E-state index is -0.184. The molecule has 0 aromatic rings. The van der Waals surface area contributed by atoms with E-state index in [0.717, 1.165) is 0 Å². The molecule has 78 valence electrons. The minimum Gasteiger partial charge on any atom is -0.466 e. The Morgan fingerprint density at radius 1 is 1.31 bits per heavy atom. The van der Waals surface area contributed by atoms with Crippen molar-refractivity contribution in [3.63, 3.8) is 0 Å². The number of carbonyl (C=O) groups excluding carboxylic acids is 1. The van der Waals surface area contributed by atoms with E-state index in [9.17, 15) is 4.79 Å². The van der Waals surface area contributed by atoms with Crippen molar-refractivity contribution in [2.45, 2.75) is 34.1 Å². The second-order valence-corrected chi connectivity index (χ2v) is 4.17. The van der Waals surface area contributed by atoms with Crippen molar-refractivity contribution < 1.29 is 14.3 Å². The Balaban J connectivity index is 3.31. The predicted molar refractivity (Wildman–Crippen MR) is 51.5 cm³/mol. The molecule has 0 aromatic carbocycles. The van der Waals surface area contributed by atoms with Gasteiger partial charge in [0.25, 0.3) is 0 Å². The van der Waals surface area contributed by atoms with Crippen LogP contribution in [0.5, 0.6) is 0 Å². The monoisotopic (exact) mass is 188 g/mol. The lowest BCUT2D eigenvalue weighted by atomic mass is 9.99. The first-order valence-corrected chi connectivity index (χ1v) is 4.69. The molecule has 0 fully saturated rings. The molecule has 0 bridgehead atoms. The van der Waals surface area contributed by atoms with Crippen molar-refractivity contribution in [3.8, 4) is 0 Å². The molecule has 0 saturated carbocycles. The highest BCUT2D eigenvalue weighted by Crippen LogP contribution is 2.12. The fourth-order valence-corrected chi connectivity index (χ4v) is 0.767. The van der Waals surface area contributed by atoms with E-state index < -0.39 is 0 Å². The zero-order valence-electron chi connectivity index (χ0n) is 9.05. The van der Waals surface area contributed by atoms with E-state index >= 15 is 0 Å². The van der Waals surface area contributed by atoms with Crippen LogP contribution in [0.1, 0.15) is 34.1 Å². The van der Waals surface area contributed by atoms with Gasteiger partial charge in [-0.05, 0) is 12.3 Å². The number of hydrogen-bond donors (Lipinski definition) is 0. The number of esters is 1. The van der Waals surface area contributed by atoms with Gasteiger partial charge in [0.05, 0.1) is 26.2 Å². The molecule has 0 aliphatic carbocycles. The molecule has 13 heavy (non-hydrogen) atoms. The molecule has 0 atom stereocenters. The van der Waals surface area contributed by atoms with Gasteiger partial charge in [-0.1, -0.05) is 20.8 Å². The van der Waals surface area contributed by atoms with Gasteiger partial charge in [0, 0.05) is 0 Å². The second kappa shape index (κ2) is 5.97. The molecule has 0 radical (unpaired) electrons. The van der Waals surface area contributed by atoms with Crippen molar-refractivity contribution in [3.05, 3.63) is 0 Å². The summed E-state index contributed by atoms with van der Waals surface area (Å²) in [5.41, 5.74) is 0.161. The van der Waals surface area contributed by atoms with E-state index in [1.807, 2.05) is 0 Å². The Morgan fingerprint density at radius 3 is 2.38 bits per heavy atom. The smallest absolute Gasteiger partial charge is 0.308 e. The molecule has 3 nitrogen and oxygen atoms in total. The van der Waals surface area contributed by atoms with Gasteiger partial charge in [-0.15, -0.1) is 0 Å². The number of hydrogen-bond acceptors (Lipinski definition) is 3. The molecule has 0 unspecified atom stereocenters. The molecule has 0 aromatic heterocycles. The first-order valence-electron chi connectivity index (χ1n) is 4.69. The number of carbonyl (C=O) groups is 1. The van der Waals surface area contributed by atoms with Crippen LogP contribution in [0.25, 0.3) is 0 Å². The summed E-state index contributed by atoms with van der Waals surface area (Å²) < 4.78 is 10.1. The van der Waals surface area contributed by atoms with Crippen molar-refractivity contribution in [2.75, 3.05) is 19.8 Å². The quantitative estimate of drug-likeness (QED) is 0.489. The lowest BCUT2D eigenvalue weighted by Gasteiger charge is -2.17. The van der Waals surface area contributed by atoms with E-state index in [-0.39, 0.29) is 11.4 Å². The lowest BCUT2D eigenvalue weighted by Crippen LogP contribution is -2.16. The average molecular weight is 188 g/mol. The van der Waals surface area contributed by atoms with Gasteiger partial charge in [0.2, 0.25) is 0 Å². The van der Waals surface area contributed by atoms with E-state index in [2.05, 4.69) is 20.8 Å². The van der Waals surface area contributed by atoms with Crippen LogP contribution in [0.3, 0.4) is 0 Å². The summed E-state index contributed by atoms with van der Waals surface area (Å²) in [5, 5.41) is 0. The van der Waals surface area contributed by atoms with Crippen molar-refractivity contribution in [1.82, 2.24) is 0 Å². The van der Waals surface area contributed by atoms with Gasteiger partial charge in [0.1, 0.15) is 0 Å². The normalized spacial score (nSPS) is 11.4. The summed E-state index contributed by atoms with van der Waals surface area (Å²) >= 11 is 0. The molecule has 0 amide bonds. The highest BCUT2D eigenvalue weighted by atomic mass is 16.5. The molecular formula is C10H20O3. The molecule has 0 saturated heterocycles. The SMILES string of the molecule is CCOC(=O)CCOCC(C)(C)C. The van der Waals surface area contributed by atoms with E-state index in [1.54, 1.807) is 6.92 Å². The Labute approximate surface area is 80.4 Å². The maximum absolute atomic E-state index is 10.9. The Hall–Kier alpha value is -0.570. The number of rotatable bonds is 5. The van der Waals surface area contributed by atoms with Gasteiger partial charge < -0.3 is 9.47 Å². The van der Waals surface area contributed by atoms with E-state index in [0.29, 0.717) is 26.2 Å². The van der Waals surface area contributed by atoms with Crippen LogP contribution in [0, 0.1) is 5.41 Å². The maximum Gasteiger partial charge on any atom is 0.308 e. The maximum atomic E-state index is 10.9. The Kier molecular flexibility index (Phi) is 5.71. The first kappa shape index (κ1) is 12.4. The predicted octanol–water partition coefficient (Wildman–Crippen LogP) is 2.00. The molecule has 0 aliphatic rings. The van der Waals surface area contributed by atoms with Gasteiger partial charge in [-0.2, -0.15) is 0 Å². The zero-order chi connectivity index (χ0) is 10.3. The second-order valence-electron chi connectivity index (χ2n) is 4.17. The third kappa shape index (κ3) is 9.34. The van der Waals surface area contributed by atoms with Crippen LogP contribution in [0.15, 0.2) is 0 Å². The third-order valence-electron chi connectivity index (χ3n) is 1.29. The summed E-state index contributed by atoms with van der Waals surface area (Å²) in [4.78, 5) is 10.9. The van der Waals surface area contributed by atoms with Gasteiger partial charge in [0.15, 0.2) is 0 Å². The average Bonchev–Trinajstić information content (AvgIpc) is 1.97. The largest absolute Gasteiger partial charge is 0.466 e. The summed E-state index contributed by atoms with van der Waals surface area (Å²) in [5.74, 6) is -0.184. The summed E-state index contributed by atoms with van der Waals surface area (Å²) in [6.07, 6.45) is 0.351. The van der Waals surface area contributed by atoms with Crippen molar-refractivity contribution in [1.29, 1.82) is 0 Å². The fraction of sp³-hybridized carbons (Fsp3) is 0.900. The standard InChI is InChI=1S/C10H20O3/c1-5-13-9(11)6-7-12-8-10(2,3)4/h5-8H2,1-4H3. The van der Waals surface area contributed by atoms with E-state index in [4.69, 9.17) is 9.47 Å². The van der Waals surface area contributed by atoms with Crippen LogP contribution in [0.4, 0.5) is 0 Å². The lowest BCUT2D eigenvalue weighted by molar-refractivity contribution is -0.144. The molecule has 0 spiro atoms. The van der Waals surface area contributed by atoms with Crippen LogP contribution >= 0.6 is 0 Å². The molecule has 0 N–H and O–H groups in total. The summed E-state index contributed by atoms with van der Waals surface area (Å²) in [7, 11) is 0. The van der Waals surface area contributed by atoms with Crippen LogP contribution < -0.4 is 0 Å². The first-order chi connectivity index (χ1) is 5.95. The van der Waals surface area contributed by atoms with E-state index in [1.165, 1.54) is 0 Å². The molecule has 3 heteroatoms. The third-order valence-corrected chi connectivity index (χ3v) is 1.29. The highest BCUT2D eigenvalue weighted by Gasteiger charge is 2.10. The van der Waals surface area contributed by atoms with Crippen molar-refractivity contribution >= 4 is 5.97 Å². The van der Waals surface area contributed by atoms with Gasteiger partial charge in [-0.3, -0.25) is 4.79 Å². The summed E-state index contributed by atoms with van der Waals surface area (Å²) in [6, 6.07) is 0. The molecular weight excluding hydrogens is 168 g/mol. The highest BCUT2D eigenvalue weighted by molar-refractivity contribution is 5.69. The molecule has 0 rings (SSSR count). The minimum absolute atomic E-state index is 0.161. The Morgan fingerprint density at radius 2 is 1.92 bits per heavy atom. The van der Waals surface area contributed by atoms with Crippen LogP contribution in [0.2, 0.25) is 0 Å². The van der Waals surface area contributed by atoms with Crippen LogP contribution in [-0.2, 0) is 14.3 Å². The van der Waals surface area contributed by atoms with Crippen LogP contribution in [-0.4, -0.2) is 25.8 Å². The van der Waals surface area contributed by atoms with Crippen molar-refractivity contribution in [2.24, 2.45) is 5.41 Å². The topological polar surface area (TPSA) is 35.5 Å². The van der Waals surface area contributed by atoms with Gasteiger partial charge >= 0.3 is 5.97 Å². The molecule has 0 aliphatic heterocycles. The zero-order valence-corrected chi connectivity index (χ0v) is 9.05. The number of ether oxygens (including phenoxy) is 2. The fourth-order valence-electron chi connectivity index (χ4n) is 0.767. The molecule has 0 heterocycles. The summed E-state index contributed by atoms with van der Waals surface area (Å²) in [6.45, 7) is 9.65. The van der Waals surface area contributed by atoms with Gasteiger partial charge in [-0.25, -0.2) is 0 Å².